The molecule has 188 valence electrons. The Labute approximate surface area is 218 Å². The lowest BCUT2D eigenvalue weighted by Crippen LogP contribution is -2.18. The largest absolute Gasteiger partial charge is 0.356 e. The van der Waals surface area contributed by atoms with Crippen LogP contribution in [0.25, 0.3) is 33.5 Å². The Kier molecular flexibility index (Phi) is 6.36. The molecule has 2 N–H and O–H groups in total. The van der Waals surface area contributed by atoms with E-state index in [0.717, 1.165) is 59.4 Å². The zero-order chi connectivity index (χ0) is 25.4. The molecule has 0 spiro atoms. The van der Waals surface area contributed by atoms with E-state index in [2.05, 4.69) is 15.4 Å². The first-order valence-corrected chi connectivity index (χ1v) is 12.8. The van der Waals surface area contributed by atoms with Crippen LogP contribution in [0, 0.1) is 12.7 Å². The van der Waals surface area contributed by atoms with Gasteiger partial charge >= 0.3 is 0 Å². The molecule has 3 aromatic heterocycles. The molecule has 1 aliphatic rings. The van der Waals surface area contributed by atoms with Crippen molar-refractivity contribution in [3.05, 3.63) is 82.9 Å². The Hall–Kier alpha value is -3.75. The number of nitrogens with zero attached hydrogens (tertiary/aromatic N) is 4. The first-order chi connectivity index (χ1) is 18.1. The molecule has 1 unspecified atom stereocenters. The highest BCUT2D eigenvalue weighted by Gasteiger charge is 2.22. The monoisotopic (exact) mass is 516 g/mol. The maximum absolute atomic E-state index is 14.2. The summed E-state index contributed by atoms with van der Waals surface area (Å²) in [6.07, 6.45) is 2.97. The Morgan fingerprint density at radius 2 is 2.00 bits per heavy atom. The average molecular weight is 517 g/mol. The minimum Gasteiger partial charge on any atom is -0.356 e. The Bertz CT molecular complexity index is 1570. The van der Waals surface area contributed by atoms with Gasteiger partial charge in [0.1, 0.15) is 5.82 Å². The van der Waals surface area contributed by atoms with E-state index < -0.39 is 0 Å². The fourth-order valence-electron chi connectivity index (χ4n) is 4.74. The van der Waals surface area contributed by atoms with Gasteiger partial charge < -0.3 is 15.0 Å². The van der Waals surface area contributed by atoms with E-state index in [-0.39, 0.29) is 12.0 Å². The van der Waals surface area contributed by atoms with Gasteiger partial charge in [0, 0.05) is 35.4 Å². The summed E-state index contributed by atoms with van der Waals surface area (Å²) in [6, 6.07) is 18.6. The third kappa shape index (κ3) is 4.70. The number of pyridine rings is 1. The molecular formula is C28H26ClFN6O. The summed E-state index contributed by atoms with van der Waals surface area (Å²) in [4.78, 5) is 12.9. The summed E-state index contributed by atoms with van der Waals surface area (Å²) in [5, 5.41) is 9.06. The van der Waals surface area contributed by atoms with Crippen molar-refractivity contribution in [3.8, 4) is 22.6 Å². The van der Waals surface area contributed by atoms with Gasteiger partial charge in [-0.3, -0.25) is 4.98 Å². The second-order valence-corrected chi connectivity index (χ2v) is 9.56. The third-order valence-electron chi connectivity index (χ3n) is 6.62. The maximum atomic E-state index is 14.2. The van der Waals surface area contributed by atoms with Gasteiger partial charge in [0.15, 0.2) is 11.4 Å². The topological polar surface area (TPSA) is 80.7 Å². The molecule has 0 amide bonds. The normalized spacial score (nSPS) is 15.8. The Morgan fingerprint density at radius 3 is 2.81 bits per heavy atom. The molecule has 6 rings (SSSR count). The second-order valence-electron chi connectivity index (χ2n) is 9.21. The molecule has 0 aliphatic carbocycles. The molecule has 2 aromatic carbocycles. The van der Waals surface area contributed by atoms with Crippen LogP contribution < -0.4 is 5.32 Å². The second kappa shape index (κ2) is 9.95. The van der Waals surface area contributed by atoms with Gasteiger partial charge in [-0.25, -0.2) is 14.1 Å². The van der Waals surface area contributed by atoms with Gasteiger partial charge in [-0.05, 0) is 56.5 Å². The Morgan fingerprint density at radius 1 is 1.11 bits per heavy atom. The number of aromatic amines is 1. The van der Waals surface area contributed by atoms with Gasteiger partial charge in [-0.2, -0.15) is 5.10 Å². The predicted molar refractivity (Wildman–Crippen MR) is 143 cm³/mol. The van der Waals surface area contributed by atoms with Crippen molar-refractivity contribution in [2.75, 3.05) is 11.9 Å². The summed E-state index contributed by atoms with van der Waals surface area (Å²) in [7, 11) is 0. The van der Waals surface area contributed by atoms with Crippen LogP contribution in [0.4, 0.5) is 10.3 Å². The molecular weight excluding hydrogens is 491 g/mol. The summed E-state index contributed by atoms with van der Waals surface area (Å²) < 4.78 is 22.0. The maximum Gasteiger partial charge on any atom is 0.201 e. The molecule has 37 heavy (non-hydrogen) atoms. The van der Waals surface area contributed by atoms with Gasteiger partial charge in [-0.1, -0.05) is 41.9 Å². The van der Waals surface area contributed by atoms with Crippen LogP contribution >= 0.6 is 11.6 Å². The lowest BCUT2D eigenvalue weighted by Gasteiger charge is -2.23. The number of anilines is 1. The highest BCUT2D eigenvalue weighted by atomic mass is 35.5. The minimum absolute atomic E-state index is 0.110. The van der Waals surface area contributed by atoms with Gasteiger partial charge in [0.2, 0.25) is 5.95 Å². The number of nitrogens with one attached hydrogen (secondary N) is 2. The van der Waals surface area contributed by atoms with Crippen molar-refractivity contribution in [1.82, 2.24) is 24.7 Å². The van der Waals surface area contributed by atoms with Gasteiger partial charge in [0.25, 0.3) is 0 Å². The van der Waals surface area contributed by atoms with E-state index in [1.807, 2.05) is 54.1 Å². The van der Waals surface area contributed by atoms with E-state index >= 15 is 0 Å². The fraction of sp³-hybridized carbons (Fsp3) is 0.250. The fourth-order valence-corrected chi connectivity index (χ4v) is 4.97. The molecule has 1 saturated heterocycles. The number of aryl methyl sites for hydroxylation is 1. The number of halogens is 2. The quantitative estimate of drug-likeness (QED) is 0.256. The van der Waals surface area contributed by atoms with Crippen LogP contribution in [0.2, 0.25) is 5.15 Å². The number of aromatic nitrogens is 5. The molecule has 0 saturated carbocycles. The highest BCUT2D eigenvalue weighted by molar-refractivity contribution is 6.34. The number of rotatable bonds is 6. The standard InChI is InChI=1S/C28H26ClFN6O/c1-17-7-6-10-22(32-17)26-25(33-28(34-26)31-16-19-8-2-3-9-21(19)30)18-12-13-23-20(15-18)27(29)35-36(23)24-11-4-5-14-37-24/h2-3,6-10,12-13,15,24H,4-5,11,14,16H2,1H3,(H2,31,33,34). The zero-order valence-corrected chi connectivity index (χ0v) is 21.1. The molecule has 7 nitrogen and oxygen atoms in total. The number of hydrogen-bond donors (Lipinski definition) is 2. The molecule has 5 aromatic rings. The van der Waals surface area contributed by atoms with E-state index in [4.69, 9.17) is 26.3 Å². The number of hydrogen-bond acceptors (Lipinski definition) is 5. The van der Waals surface area contributed by atoms with Crippen LogP contribution in [-0.4, -0.2) is 31.3 Å². The van der Waals surface area contributed by atoms with Crippen molar-refractivity contribution in [3.63, 3.8) is 0 Å². The van der Waals surface area contributed by atoms with E-state index in [9.17, 15) is 4.39 Å². The summed E-state index contributed by atoms with van der Waals surface area (Å²) in [5.74, 6) is 0.260. The lowest BCUT2D eigenvalue weighted by molar-refractivity contribution is -0.0366. The summed E-state index contributed by atoms with van der Waals surface area (Å²) in [5.41, 5.74) is 5.48. The molecule has 1 atom stereocenters. The minimum atomic E-state index is -0.263. The van der Waals surface area contributed by atoms with Crippen LogP contribution in [0.1, 0.15) is 36.7 Å². The molecule has 1 aliphatic heterocycles. The van der Waals surface area contributed by atoms with Gasteiger partial charge in [0.05, 0.1) is 22.6 Å². The first kappa shape index (κ1) is 23.6. The number of fused-ring (bicyclic) bond motifs is 1. The van der Waals surface area contributed by atoms with Crippen LogP contribution in [0.5, 0.6) is 0 Å². The molecule has 4 heterocycles. The smallest absolute Gasteiger partial charge is 0.201 e. The van der Waals surface area contributed by atoms with Crippen LogP contribution in [0.15, 0.2) is 60.7 Å². The SMILES string of the molecule is Cc1cccc(-c2[nH]c(NCc3ccccc3F)nc2-c2ccc3c(c2)c(Cl)nn3C2CCCCO2)n1. The number of imidazole rings is 1. The van der Waals surface area contributed by atoms with Crippen LogP contribution in [-0.2, 0) is 11.3 Å². The third-order valence-corrected chi connectivity index (χ3v) is 6.89. The van der Waals surface area contributed by atoms with Crippen molar-refractivity contribution in [2.24, 2.45) is 0 Å². The average Bonchev–Trinajstić information content (AvgIpc) is 3.50. The first-order valence-electron chi connectivity index (χ1n) is 12.4. The Balaban J connectivity index is 1.40. The zero-order valence-electron chi connectivity index (χ0n) is 20.3. The van der Waals surface area contributed by atoms with E-state index in [1.165, 1.54) is 6.07 Å². The lowest BCUT2D eigenvalue weighted by atomic mass is 10.1. The van der Waals surface area contributed by atoms with E-state index in [0.29, 0.717) is 28.9 Å². The molecule has 9 heteroatoms. The van der Waals surface area contributed by atoms with Crippen molar-refractivity contribution < 1.29 is 9.13 Å². The van der Waals surface area contributed by atoms with Crippen molar-refractivity contribution >= 4 is 28.5 Å². The van der Waals surface area contributed by atoms with Crippen molar-refractivity contribution in [2.45, 2.75) is 39.0 Å². The number of ether oxygens (including phenoxy) is 1. The molecule has 1 fully saturated rings. The summed E-state index contributed by atoms with van der Waals surface area (Å²) in [6.45, 7) is 2.97. The molecule has 0 bridgehead atoms. The molecule has 0 radical (unpaired) electrons. The highest BCUT2D eigenvalue weighted by Crippen LogP contribution is 2.36. The van der Waals surface area contributed by atoms with Crippen molar-refractivity contribution in [1.29, 1.82) is 0 Å². The number of benzene rings is 2. The van der Waals surface area contributed by atoms with Gasteiger partial charge in [-0.15, -0.1) is 0 Å². The summed E-state index contributed by atoms with van der Waals surface area (Å²) >= 11 is 6.60. The predicted octanol–water partition coefficient (Wildman–Crippen LogP) is 6.90. The van der Waals surface area contributed by atoms with Crippen LogP contribution in [0.3, 0.4) is 0 Å². The van der Waals surface area contributed by atoms with E-state index in [1.54, 1.807) is 12.1 Å². The number of H-pyrrole nitrogens is 1.